The molecular weight excluding hydrogens is 251 g/mol. The molecular formula is C8H5IN2. The predicted octanol–water partition coefficient (Wildman–Crippen LogP) is 2.23. The lowest BCUT2D eigenvalue weighted by molar-refractivity contribution is 1.32. The van der Waals surface area contributed by atoms with Gasteiger partial charge in [0.25, 0.3) is 0 Å². The third kappa shape index (κ3) is 1.20. The van der Waals surface area contributed by atoms with E-state index in [1.165, 1.54) is 0 Å². The Morgan fingerprint density at radius 3 is 2.82 bits per heavy atom. The lowest BCUT2D eigenvalue weighted by Gasteiger charge is -1.95. The summed E-state index contributed by atoms with van der Waals surface area (Å²) in [7, 11) is 0. The summed E-state index contributed by atoms with van der Waals surface area (Å²) in [5, 5.41) is 0. The largest absolute Gasteiger partial charge is 0.255 e. The van der Waals surface area contributed by atoms with E-state index in [9.17, 15) is 0 Å². The van der Waals surface area contributed by atoms with Crippen LogP contribution in [0.5, 0.6) is 0 Å². The van der Waals surface area contributed by atoms with Gasteiger partial charge in [0.05, 0.1) is 5.52 Å². The molecule has 0 unspecified atom stereocenters. The zero-order chi connectivity index (χ0) is 7.68. The third-order valence-corrected chi connectivity index (χ3v) is 2.32. The lowest BCUT2D eigenvalue weighted by atomic mass is 10.3. The first kappa shape index (κ1) is 6.97. The first-order chi connectivity index (χ1) is 5.38. The molecule has 2 aromatic heterocycles. The number of hydrogen-bond acceptors (Lipinski definition) is 2. The Bertz CT molecular complexity index is 381. The topological polar surface area (TPSA) is 25.8 Å². The van der Waals surface area contributed by atoms with Gasteiger partial charge >= 0.3 is 0 Å². The van der Waals surface area contributed by atoms with Crippen molar-refractivity contribution in [3.63, 3.8) is 0 Å². The van der Waals surface area contributed by atoms with Gasteiger partial charge in [-0.3, -0.25) is 9.97 Å². The molecule has 2 rings (SSSR count). The third-order valence-electron chi connectivity index (χ3n) is 1.45. The van der Waals surface area contributed by atoms with Gasteiger partial charge in [0.2, 0.25) is 0 Å². The molecule has 54 valence electrons. The summed E-state index contributed by atoms with van der Waals surface area (Å²) >= 11 is 2.26. The highest BCUT2D eigenvalue weighted by atomic mass is 127. The molecule has 2 nitrogen and oxygen atoms in total. The van der Waals surface area contributed by atoms with Gasteiger partial charge in [-0.2, -0.15) is 0 Å². The Kier molecular flexibility index (Phi) is 1.73. The second-order valence-corrected chi connectivity index (χ2v) is 3.33. The molecule has 0 aliphatic rings. The van der Waals surface area contributed by atoms with E-state index >= 15 is 0 Å². The minimum Gasteiger partial charge on any atom is -0.255 e. The Hall–Kier alpha value is -0.710. The second kappa shape index (κ2) is 2.73. The highest BCUT2D eigenvalue weighted by Crippen LogP contribution is 2.14. The second-order valence-electron chi connectivity index (χ2n) is 2.16. The van der Waals surface area contributed by atoms with Gasteiger partial charge < -0.3 is 0 Å². The molecule has 0 aromatic carbocycles. The standard InChI is InChI=1S/C8H5IN2/c9-6-3-5-10-7-2-1-4-11-8(6)7/h1-5H. The SMILES string of the molecule is Ic1ccnc2cccnc12. The lowest BCUT2D eigenvalue weighted by Crippen LogP contribution is -1.83. The van der Waals surface area contributed by atoms with Crippen LogP contribution in [-0.4, -0.2) is 9.97 Å². The van der Waals surface area contributed by atoms with Crippen molar-refractivity contribution in [1.82, 2.24) is 9.97 Å². The molecule has 11 heavy (non-hydrogen) atoms. The van der Waals surface area contributed by atoms with Crippen molar-refractivity contribution in [2.75, 3.05) is 0 Å². The van der Waals surface area contributed by atoms with Gasteiger partial charge in [-0.1, -0.05) is 0 Å². The van der Waals surface area contributed by atoms with Crippen LogP contribution in [0.1, 0.15) is 0 Å². The van der Waals surface area contributed by atoms with E-state index < -0.39 is 0 Å². The van der Waals surface area contributed by atoms with Gasteiger partial charge in [0.1, 0.15) is 5.52 Å². The zero-order valence-electron chi connectivity index (χ0n) is 5.66. The number of hydrogen-bond donors (Lipinski definition) is 0. The Morgan fingerprint density at radius 1 is 1.09 bits per heavy atom. The minimum absolute atomic E-state index is 0.958. The Morgan fingerprint density at radius 2 is 2.00 bits per heavy atom. The van der Waals surface area contributed by atoms with Crippen LogP contribution < -0.4 is 0 Å². The summed E-state index contributed by atoms with van der Waals surface area (Å²) in [4.78, 5) is 8.39. The maximum Gasteiger partial charge on any atom is 0.102 e. The number of pyridine rings is 2. The maximum atomic E-state index is 4.21. The number of rotatable bonds is 0. The fourth-order valence-corrected chi connectivity index (χ4v) is 1.52. The first-order valence-corrected chi connectivity index (χ1v) is 4.31. The van der Waals surface area contributed by atoms with Crippen LogP contribution in [-0.2, 0) is 0 Å². The van der Waals surface area contributed by atoms with Crippen LogP contribution >= 0.6 is 22.6 Å². The number of fused-ring (bicyclic) bond motifs is 1. The molecule has 0 aliphatic carbocycles. The molecule has 0 radical (unpaired) electrons. The van der Waals surface area contributed by atoms with Crippen molar-refractivity contribution in [2.45, 2.75) is 0 Å². The number of aromatic nitrogens is 2. The van der Waals surface area contributed by atoms with Crippen LogP contribution in [0.15, 0.2) is 30.6 Å². The van der Waals surface area contributed by atoms with E-state index in [0.29, 0.717) is 0 Å². The van der Waals surface area contributed by atoms with Crippen LogP contribution in [0.4, 0.5) is 0 Å². The smallest absolute Gasteiger partial charge is 0.102 e. The molecule has 0 fully saturated rings. The fraction of sp³-hybridized carbons (Fsp3) is 0. The Labute approximate surface area is 77.8 Å². The van der Waals surface area contributed by atoms with Crippen molar-refractivity contribution in [3.05, 3.63) is 34.2 Å². The van der Waals surface area contributed by atoms with E-state index in [1.807, 2.05) is 18.2 Å². The van der Waals surface area contributed by atoms with E-state index in [4.69, 9.17) is 0 Å². The number of nitrogens with zero attached hydrogens (tertiary/aromatic N) is 2. The normalized spacial score (nSPS) is 10.3. The molecule has 2 aromatic rings. The first-order valence-electron chi connectivity index (χ1n) is 3.23. The van der Waals surface area contributed by atoms with Crippen molar-refractivity contribution >= 4 is 33.6 Å². The Balaban J connectivity index is 2.91. The average Bonchev–Trinajstić information content (AvgIpc) is 2.06. The highest BCUT2D eigenvalue weighted by molar-refractivity contribution is 14.1. The summed E-state index contributed by atoms with van der Waals surface area (Å²) < 4.78 is 1.15. The summed E-state index contributed by atoms with van der Waals surface area (Å²) in [5.41, 5.74) is 1.94. The summed E-state index contributed by atoms with van der Waals surface area (Å²) in [6.45, 7) is 0. The molecule has 0 amide bonds. The summed E-state index contributed by atoms with van der Waals surface area (Å²) in [5.74, 6) is 0. The average molecular weight is 256 g/mol. The van der Waals surface area contributed by atoms with Gasteiger partial charge in [-0.25, -0.2) is 0 Å². The minimum atomic E-state index is 0.958. The van der Waals surface area contributed by atoms with Crippen LogP contribution in [0, 0.1) is 3.57 Å². The van der Waals surface area contributed by atoms with Crippen molar-refractivity contribution in [2.24, 2.45) is 0 Å². The van der Waals surface area contributed by atoms with E-state index in [-0.39, 0.29) is 0 Å². The van der Waals surface area contributed by atoms with Gasteiger partial charge in [-0.15, -0.1) is 0 Å². The van der Waals surface area contributed by atoms with Gasteiger partial charge in [-0.05, 0) is 40.8 Å². The molecule has 0 saturated carbocycles. The maximum absolute atomic E-state index is 4.21. The molecule has 0 N–H and O–H groups in total. The van der Waals surface area contributed by atoms with Crippen molar-refractivity contribution in [3.8, 4) is 0 Å². The van der Waals surface area contributed by atoms with Crippen molar-refractivity contribution in [1.29, 1.82) is 0 Å². The van der Waals surface area contributed by atoms with Crippen LogP contribution in [0.25, 0.3) is 11.0 Å². The monoisotopic (exact) mass is 256 g/mol. The molecule has 0 spiro atoms. The van der Waals surface area contributed by atoms with Crippen molar-refractivity contribution < 1.29 is 0 Å². The van der Waals surface area contributed by atoms with Crippen LogP contribution in [0.2, 0.25) is 0 Å². The highest BCUT2D eigenvalue weighted by Gasteiger charge is 1.96. The van der Waals surface area contributed by atoms with E-state index in [1.54, 1.807) is 12.4 Å². The summed E-state index contributed by atoms with van der Waals surface area (Å²) in [6, 6.07) is 5.81. The number of halogens is 1. The molecule has 3 heteroatoms. The van der Waals surface area contributed by atoms with E-state index in [2.05, 4.69) is 32.6 Å². The molecule has 0 aliphatic heterocycles. The van der Waals surface area contributed by atoms with Gasteiger partial charge in [0, 0.05) is 16.0 Å². The van der Waals surface area contributed by atoms with E-state index in [0.717, 1.165) is 14.6 Å². The zero-order valence-corrected chi connectivity index (χ0v) is 7.82. The molecule has 0 saturated heterocycles. The molecule has 0 bridgehead atoms. The van der Waals surface area contributed by atoms with Gasteiger partial charge in [0.15, 0.2) is 0 Å². The van der Waals surface area contributed by atoms with Crippen LogP contribution in [0.3, 0.4) is 0 Å². The predicted molar refractivity (Wildman–Crippen MR) is 52.3 cm³/mol. The molecule has 0 atom stereocenters. The quantitative estimate of drug-likeness (QED) is 0.675. The molecule has 2 heterocycles. The fourth-order valence-electron chi connectivity index (χ4n) is 0.947. The summed E-state index contributed by atoms with van der Waals surface area (Å²) in [6.07, 6.45) is 3.58.